The van der Waals surface area contributed by atoms with E-state index >= 15 is 0 Å². The minimum absolute atomic E-state index is 0.529. The van der Waals surface area contributed by atoms with Crippen LogP contribution in [0.1, 0.15) is 19.4 Å². The van der Waals surface area contributed by atoms with E-state index in [0.29, 0.717) is 18.0 Å². The summed E-state index contributed by atoms with van der Waals surface area (Å²) >= 11 is 5.97. The molecule has 1 atom stereocenters. The zero-order valence-electron chi connectivity index (χ0n) is 9.13. The number of aromatic nitrogens is 1. The van der Waals surface area contributed by atoms with Crippen LogP contribution >= 0.6 is 11.6 Å². The Morgan fingerprint density at radius 3 is 2.93 bits per heavy atom. The van der Waals surface area contributed by atoms with E-state index in [1.807, 2.05) is 13.0 Å². The van der Waals surface area contributed by atoms with Gasteiger partial charge in [0.2, 0.25) is 0 Å². The molecular formula is C11H17ClN2O. The molecule has 0 saturated heterocycles. The normalized spacial score (nSPS) is 14.9. The van der Waals surface area contributed by atoms with Gasteiger partial charge in [0.05, 0.1) is 10.6 Å². The molecule has 1 rings (SSSR count). The first-order chi connectivity index (χ1) is 7.05. The lowest BCUT2D eigenvalue weighted by atomic mass is 9.97. The molecule has 1 aromatic heterocycles. The maximum atomic E-state index is 10.1. The molecule has 0 saturated carbocycles. The Kier molecular flexibility index (Phi) is 4.51. The predicted molar refractivity (Wildman–Crippen MR) is 62.1 cm³/mol. The Hall–Kier alpha value is -0.640. The third kappa shape index (κ3) is 4.16. The van der Waals surface area contributed by atoms with Crippen LogP contribution in [-0.2, 0) is 6.42 Å². The molecule has 0 radical (unpaired) electrons. The minimum atomic E-state index is -0.777. The Balaban J connectivity index is 2.64. The number of halogens is 1. The number of hydrogen-bond acceptors (Lipinski definition) is 3. The molecule has 3 nitrogen and oxygen atoms in total. The Bertz CT molecular complexity index is 315. The van der Waals surface area contributed by atoms with Gasteiger partial charge in [0.25, 0.3) is 0 Å². The standard InChI is InChI=1S/C11H17ClN2O/c1-3-13-8-11(2,15)6-9-4-5-14-7-10(9)12/h4-5,7,13,15H,3,6,8H2,1-2H3. The largest absolute Gasteiger partial charge is 0.389 e. The summed E-state index contributed by atoms with van der Waals surface area (Å²) in [6.07, 6.45) is 3.81. The second kappa shape index (κ2) is 5.45. The van der Waals surface area contributed by atoms with Gasteiger partial charge in [-0.15, -0.1) is 0 Å². The summed E-state index contributed by atoms with van der Waals surface area (Å²) in [5.74, 6) is 0. The van der Waals surface area contributed by atoms with Crippen molar-refractivity contribution in [3.63, 3.8) is 0 Å². The molecule has 0 fully saturated rings. The Labute approximate surface area is 95.5 Å². The van der Waals surface area contributed by atoms with Crippen LogP contribution < -0.4 is 5.32 Å². The van der Waals surface area contributed by atoms with Crippen LogP contribution in [-0.4, -0.2) is 28.8 Å². The van der Waals surface area contributed by atoms with Gasteiger partial charge in [-0.1, -0.05) is 18.5 Å². The first-order valence-corrected chi connectivity index (χ1v) is 5.44. The van der Waals surface area contributed by atoms with Gasteiger partial charge in [0.1, 0.15) is 0 Å². The summed E-state index contributed by atoms with van der Waals surface area (Å²) in [4.78, 5) is 3.91. The second-order valence-electron chi connectivity index (χ2n) is 3.92. The van der Waals surface area contributed by atoms with Crippen LogP contribution in [0.5, 0.6) is 0 Å². The van der Waals surface area contributed by atoms with Gasteiger partial charge < -0.3 is 10.4 Å². The van der Waals surface area contributed by atoms with Crippen molar-refractivity contribution >= 4 is 11.6 Å². The van der Waals surface area contributed by atoms with Crippen LogP contribution in [0, 0.1) is 0 Å². The summed E-state index contributed by atoms with van der Waals surface area (Å²) in [5.41, 5.74) is 0.149. The molecule has 0 spiro atoms. The minimum Gasteiger partial charge on any atom is -0.389 e. The lowest BCUT2D eigenvalue weighted by Crippen LogP contribution is -2.39. The topological polar surface area (TPSA) is 45.1 Å². The van der Waals surface area contributed by atoms with E-state index in [9.17, 15) is 5.11 Å². The lowest BCUT2D eigenvalue weighted by molar-refractivity contribution is 0.0607. The fourth-order valence-corrected chi connectivity index (χ4v) is 1.60. The highest BCUT2D eigenvalue weighted by Gasteiger charge is 2.21. The van der Waals surface area contributed by atoms with E-state index in [0.717, 1.165) is 12.1 Å². The van der Waals surface area contributed by atoms with E-state index in [1.54, 1.807) is 19.3 Å². The van der Waals surface area contributed by atoms with Crippen molar-refractivity contribution < 1.29 is 5.11 Å². The first kappa shape index (κ1) is 12.4. The molecule has 4 heteroatoms. The highest BCUT2D eigenvalue weighted by atomic mass is 35.5. The van der Waals surface area contributed by atoms with Crippen molar-refractivity contribution in [2.75, 3.05) is 13.1 Å². The fourth-order valence-electron chi connectivity index (χ4n) is 1.41. The Morgan fingerprint density at radius 2 is 2.33 bits per heavy atom. The van der Waals surface area contributed by atoms with E-state index < -0.39 is 5.60 Å². The van der Waals surface area contributed by atoms with Crippen LogP contribution in [0.25, 0.3) is 0 Å². The molecule has 1 heterocycles. The van der Waals surface area contributed by atoms with Crippen LogP contribution in [0.15, 0.2) is 18.5 Å². The maximum Gasteiger partial charge on any atom is 0.0784 e. The monoisotopic (exact) mass is 228 g/mol. The molecular weight excluding hydrogens is 212 g/mol. The van der Waals surface area contributed by atoms with Gasteiger partial charge in [-0.05, 0) is 25.1 Å². The molecule has 0 aliphatic carbocycles. The molecule has 1 aromatic rings. The van der Waals surface area contributed by atoms with E-state index in [-0.39, 0.29) is 0 Å². The average molecular weight is 229 g/mol. The number of likely N-dealkylation sites (N-methyl/N-ethyl adjacent to an activating group) is 1. The van der Waals surface area contributed by atoms with Gasteiger partial charge in [-0.2, -0.15) is 0 Å². The van der Waals surface area contributed by atoms with Crippen molar-refractivity contribution in [1.29, 1.82) is 0 Å². The fraction of sp³-hybridized carbons (Fsp3) is 0.545. The van der Waals surface area contributed by atoms with Crippen LogP contribution in [0.3, 0.4) is 0 Å². The van der Waals surface area contributed by atoms with Crippen molar-refractivity contribution in [3.8, 4) is 0 Å². The SMILES string of the molecule is CCNCC(C)(O)Cc1ccncc1Cl. The summed E-state index contributed by atoms with van der Waals surface area (Å²) < 4.78 is 0. The van der Waals surface area contributed by atoms with Gasteiger partial charge in [-0.25, -0.2) is 0 Å². The third-order valence-corrected chi connectivity index (χ3v) is 2.52. The van der Waals surface area contributed by atoms with E-state index in [1.165, 1.54) is 0 Å². The summed E-state index contributed by atoms with van der Waals surface area (Å²) in [6, 6.07) is 1.84. The zero-order valence-corrected chi connectivity index (χ0v) is 9.88. The molecule has 2 N–H and O–H groups in total. The van der Waals surface area contributed by atoms with Crippen molar-refractivity contribution in [2.45, 2.75) is 25.9 Å². The third-order valence-electron chi connectivity index (χ3n) is 2.18. The molecule has 1 unspecified atom stereocenters. The van der Waals surface area contributed by atoms with Crippen LogP contribution in [0.4, 0.5) is 0 Å². The Morgan fingerprint density at radius 1 is 1.60 bits per heavy atom. The van der Waals surface area contributed by atoms with Gasteiger partial charge in [0.15, 0.2) is 0 Å². The quantitative estimate of drug-likeness (QED) is 0.806. The van der Waals surface area contributed by atoms with Crippen molar-refractivity contribution in [2.24, 2.45) is 0 Å². The molecule has 0 aliphatic heterocycles. The molecule has 0 bridgehead atoms. The zero-order chi connectivity index (χ0) is 11.3. The number of pyridine rings is 1. The molecule has 0 aromatic carbocycles. The van der Waals surface area contributed by atoms with Gasteiger partial charge in [-0.3, -0.25) is 4.98 Å². The highest BCUT2D eigenvalue weighted by molar-refractivity contribution is 6.31. The van der Waals surface area contributed by atoms with Crippen LogP contribution in [0.2, 0.25) is 5.02 Å². The number of aliphatic hydroxyl groups is 1. The highest BCUT2D eigenvalue weighted by Crippen LogP contribution is 2.19. The van der Waals surface area contributed by atoms with Crippen molar-refractivity contribution in [1.82, 2.24) is 10.3 Å². The number of nitrogens with zero attached hydrogens (tertiary/aromatic N) is 1. The van der Waals surface area contributed by atoms with E-state index in [4.69, 9.17) is 11.6 Å². The molecule has 0 aliphatic rings. The summed E-state index contributed by atoms with van der Waals surface area (Å²) in [5, 5.41) is 13.8. The summed E-state index contributed by atoms with van der Waals surface area (Å²) in [7, 11) is 0. The number of rotatable bonds is 5. The number of hydrogen-bond donors (Lipinski definition) is 2. The first-order valence-electron chi connectivity index (χ1n) is 5.06. The average Bonchev–Trinajstić information content (AvgIpc) is 2.18. The lowest BCUT2D eigenvalue weighted by Gasteiger charge is -2.23. The van der Waals surface area contributed by atoms with Crippen molar-refractivity contribution in [3.05, 3.63) is 29.0 Å². The summed E-state index contributed by atoms with van der Waals surface area (Å²) in [6.45, 7) is 5.21. The number of nitrogens with one attached hydrogen (secondary N) is 1. The molecule has 0 amide bonds. The maximum absolute atomic E-state index is 10.1. The van der Waals surface area contributed by atoms with Gasteiger partial charge >= 0.3 is 0 Å². The molecule has 15 heavy (non-hydrogen) atoms. The van der Waals surface area contributed by atoms with Gasteiger partial charge in [0, 0.05) is 25.4 Å². The van der Waals surface area contributed by atoms with E-state index in [2.05, 4.69) is 10.3 Å². The molecule has 84 valence electrons. The smallest absolute Gasteiger partial charge is 0.0784 e. The second-order valence-corrected chi connectivity index (χ2v) is 4.33. The predicted octanol–water partition coefficient (Wildman–Crippen LogP) is 1.64.